The molecular formula is C12H15N3O. The summed E-state index contributed by atoms with van der Waals surface area (Å²) in [5, 5.41) is 0. The Hall–Kier alpha value is -1.42. The molecule has 16 heavy (non-hydrogen) atoms. The maximum atomic E-state index is 11.9. The van der Waals surface area contributed by atoms with E-state index in [9.17, 15) is 4.79 Å². The summed E-state index contributed by atoms with van der Waals surface area (Å²) in [5.74, 6) is 0.198. The average molecular weight is 217 g/mol. The maximum Gasteiger partial charge on any atom is 0.225 e. The molecule has 0 radical (unpaired) electrons. The second-order valence-electron chi connectivity index (χ2n) is 4.63. The molecule has 2 heterocycles. The van der Waals surface area contributed by atoms with Gasteiger partial charge in [-0.15, -0.1) is 0 Å². The molecule has 1 saturated heterocycles. The van der Waals surface area contributed by atoms with E-state index in [1.165, 1.54) is 0 Å². The zero-order valence-electron chi connectivity index (χ0n) is 9.04. The number of hydrogen-bond acceptors (Lipinski definition) is 3. The lowest BCUT2D eigenvalue weighted by molar-refractivity contribution is -0.129. The van der Waals surface area contributed by atoms with Gasteiger partial charge in [-0.1, -0.05) is 6.07 Å². The fourth-order valence-corrected chi connectivity index (χ4v) is 2.52. The average Bonchev–Trinajstić information content (AvgIpc) is 3.06. The molecule has 1 aliphatic heterocycles. The van der Waals surface area contributed by atoms with Gasteiger partial charge in [-0.3, -0.25) is 9.78 Å². The summed E-state index contributed by atoms with van der Waals surface area (Å²) in [6.45, 7) is 0. The highest BCUT2D eigenvalue weighted by Gasteiger charge is 2.45. The van der Waals surface area contributed by atoms with Gasteiger partial charge in [-0.05, 0) is 24.5 Å². The maximum absolute atomic E-state index is 11.9. The van der Waals surface area contributed by atoms with E-state index < -0.39 is 0 Å². The van der Waals surface area contributed by atoms with E-state index >= 15 is 0 Å². The SMILES string of the molecule is N[C@H]1CC(=O)N(C2CC2)[C@H]1c1cccnc1. The minimum absolute atomic E-state index is 0.0358. The van der Waals surface area contributed by atoms with Gasteiger partial charge < -0.3 is 10.6 Å². The number of hydrogen-bond donors (Lipinski definition) is 1. The summed E-state index contributed by atoms with van der Waals surface area (Å²) in [7, 11) is 0. The lowest BCUT2D eigenvalue weighted by atomic mass is 10.0. The molecule has 1 saturated carbocycles. The number of nitrogens with two attached hydrogens (primary N) is 1. The van der Waals surface area contributed by atoms with E-state index in [4.69, 9.17) is 5.73 Å². The third-order valence-electron chi connectivity index (χ3n) is 3.37. The second-order valence-corrected chi connectivity index (χ2v) is 4.63. The van der Waals surface area contributed by atoms with Crippen LogP contribution in [0.25, 0.3) is 0 Å². The Kier molecular flexibility index (Phi) is 2.17. The van der Waals surface area contributed by atoms with Crippen LogP contribution >= 0.6 is 0 Å². The number of pyridine rings is 1. The highest BCUT2D eigenvalue weighted by molar-refractivity contribution is 5.81. The van der Waals surface area contributed by atoms with Crippen LogP contribution in [0.2, 0.25) is 0 Å². The molecule has 1 aliphatic carbocycles. The van der Waals surface area contributed by atoms with Crippen LogP contribution in [0.3, 0.4) is 0 Å². The quantitative estimate of drug-likeness (QED) is 0.798. The molecule has 2 fully saturated rings. The van der Waals surface area contributed by atoms with E-state index in [0.717, 1.165) is 18.4 Å². The van der Waals surface area contributed by atoms with Crippen molar-refractivity contribution in [3.05, 3.63) is 30.1 Å². The number of carbonyl (C=O) groups excluding carboxylic acids is 1. The summed E-state index contributed by atoms with van der Waals surface area (Å²) in [5.41, 5.74) is 7.13. The lowest BCUT2D eigenvalue weighted by Crippen LogP contribution is -2.34. The predicted molar refractivity (Wildman–Crippen MR) is 59.4 cm³/mol. The molecule has 4 nitrogen and oxygen atoms in total. The third kappa shape index (κ3) is 1.50. The Balaban J connectivity index is 1.94. The van der Waals surface area contributed by atoms with E-state index in [1.54, 1.807) is 6.20 Å². The van der Waals surface area contributed by atoms with Crippen LogP contribution in [0.15, 0.2) is 24.5 Å². The monoisotopic (exact) mass is 217 g/mol. The smallest absolute Gasteiger partial charge is 0.225 e. The lowest BCUT2D eigenvalue weighted by Gasteiger charge is -2.26. The van der Waals surface area contributed by atoms with E-state index in [-0.39, 0.29) is 18.0 Å². The van der Waals surface area contributed by atoms with Crippen LogP contribution in [0.1, 0.15) is 30.9 Å². The topological polar surface area (TPSA) is 59.2 Å². The van der Waals surface area contributed by atoms with Crippen LogP contribution in [0.5, 0.6) is 0 Å². The van der Waals surface area contributed by atoms with Gasteiger partial charge in [0.15, 0.2) is 0 Å². The largest absolute Gasteiger partial charge is 0.331 e. The van der Waals surface area contributed by atoms with Gasteiger partial charge >= 0.3 is 0 Å². The molecule has 1 aromatic rings. The number of carbonyl (C=O) groups is 1. The van der Waals surface area contributed by atoms with Crippen molar-refractivity contribution < 1.29 is 4.79 Å². The number of rotatable bonds is 2. The molecule has 1 amide bonds. The normalized spacial score (nSPS) is 29.8. The first-order chi connectivity index (χ1) is 7.77. The van der Waals surface area contributed by atoms with Crippen molar-refractivity contribution in [2.45, 2.75) is 37.4 Å². The molecule has 0 unspecified atom stereocenters. The summed E-state index contributed by atoms with van der Waals surface area (Å²) in [6, 6.07) is 4.28. The van der Waals surface area contributed by atoms with Crippen LogP contribution in [-0.2, 0) is 4.79 Å². The zero-order valence-corrected chi connectivity index (χ0v) is 9.04. The van der Waals surface area contributed by atoms with E-state index in [0.29, 0.717) is 12.5 Å². The Morgan fingerprint density at radius 1 is 1.44 bits per heavy atom. The number of amides is 1. The van der Waals surface area contributed by atoms with Gasteiger partial charge in [0.2, 0.25) is 5.91 Å². The first kappa shape index (κ1) is 9.78. The molecule has 0 bridgehead atoms. The Morgan fingerprint density at radius 2 is 2.25 bits per heavy atom. The van der Waals surface area contributed by atoms with Crippen molar-refractivity contribution in [2.24, 2.45) is 5.73 Å². The highest BCUT2D eigenvalue weighted by Crippen LogP contribution is 2.40. The highest BCUT2D eigenvalue weighted by atomic mass is 16.2. The summed E-state index contributed by atoms with van der Waals surface area (Å²) >= 11 is 0. The van der Waals surface area contributed by atoms with Gasteiger partial charge in [-0.2, -0.15) is 0 Å². The van der Waals surface area contributed by atoms with Crippen molar-refractivity contribution in [1.29, 1.82) is 0 Å². The van der Waals surface area contributed by atoms with Gasteiger partial charge in [0, 0.05) is 30.9 Å². The zero-order chi connectivity index (χ0) is 11.1. The Labute approximate surface area is 94.5 Å². The molecule has 84 valence electrons. The van der Waals surface area contributed by atoms with Crippen LogP contribution < -0.4 is 5.73 Å². The second kappa shape index (κ2) is 3.56. The summed E-state index contributed by atoms with van der Waals surface area (Å²) in [6.07, 6.45) is 6.27. The Bertz CT molecular complexity index is 402. The van der Waals surface area contributed by atoms with Crippen molar-refractivity contribution in [2.75, 3.05) is 0 Å². The summed E-state index contributed by atoms with van der Waals surface area (Å²) < 4.78 is 0. The molecule has 0 aromatic carbocycles. The fourth-order valence-electron chi connectivity index (χ4n) is 2.52. The number of nitrogens with zero attached hydrogens (tertiary/aromatic N) is 2. The first-order valence-electron chi connectivity index (χ1n) is 5.74. The van der Waals surface area contributed by atoms with Crippen molar-refractivity contribution in [3.63, 3.8) is 0 Å². The fraction of sp³-hybridized carbons (Fsp3) is 0.500. The van der Waals surface area contributed by atoms with Crippen LogP contribution in [0, 0.1) is 0 Å². The molecule has 2 aliphatic rings. The Morgan fingerprint density at radius 3 is 2.88 bits per heavy atom. The summed E-state index contributed by atoms with van der Waals surface area (Å²) in [4.78, 5) is 18.0. The molecule has 2 N–H and O–H groups in total. The third-order valence-corrected chi connectivity index (χ3v) is 3.37. The molecule has 1 aromatic heterocycles. The van der Waals surface area contributed by atoms with Gasteiger partial charge in [0.1, 0.15) is 0 Å². The number of likely N-dealkylation sites (tertiary alicyclic amines) is 1. The molecule has 0 spiro atoms. The van der Waals surface area contributed by atoms with Crippen molar-refractivity contribution in [3.8, 4) is 0 Å². The van der Waals surface area contributed by atoms with Crippen LogP contribution in [-0.4, -0.2) is 27.9 Å². The minimum atomic E-state index is -0.0858. The minimum Gasteiger partial charge on any atom is -0.331 e. The van der Waals surface area contributed by atoms with Gasteiger partial charge in [0.05, 0.1) is 6.04 Å². The molecule has 3 rings (SSSR count). The van der Waals surface area contributed by atoms with Gasteiger partial charge in [0.25, 0.3) is 0 Å². The van der Waals surface area contributed by atoms with E-state index in [1.807, 2.05) is 23.2 Å². The van der Waals surface area contributed by atoms with E-state index in [2.05, 4.69) is 4.98 Å². The first-order valence-corrected chi connectivity index (χ1v) is 5.74. The predicted octanol–water partition coefficient (Wildman–Crippen LogP) is 0.845. The van der Waals surface area contributed by atoms with Crippen molar-refractivity contribution >= 4 is 5.91 Å². The molecule has 2 atom stereocenters. The van der Waals surface area contributed by atoms with Gasteiger partial charge in [-0.25, -0.2) is 0 Å². The van der Waals surface area contributed by atoms with Crippen LogP contribution in [0.4, 0.5) is 0 Å². The van der Waals surface area contributed by atoms with Crippen molar-refractivity contribution in [1.82, 2.24) is 9.88 Å². The standard InChI is InChI=1S/C12H15N3O/c13-10-6-11(16)15(9-3-4-9)12(10)8-2-1-5-14-7-8/h1-2,5,7,9-10,12H,3-4,6,13H2/t10-,12-/m0/s1. The molecular weight excluding hydrogens is 202 g/mol. The number of aromatic nitrogens is 1. The molecule has 4 heteroatoms.